The molecule has 1 aliphatic rings. The zero-order chi connectivity index (χ0) is 25.5. The Kier molecular flexibility index (Phi) is 8.52. The Morgan fingerprint density at radius 3 is 2.17 bits per heavy atom. The van der Waals surface area contributed by atoms with Gasteiger partial charge in [0.25, 0.3) is 5.70 Å². The molecule has 0 radical (unpaired) electrons. The number of nitrogens with zero attached hydrogens (tertiary/aromatic N) is 2. The number of thiocarbonyl (C=S) groups is 1. The van der Waals surface area contributed by atoms with Crippen LogP contribution in [0.3, 0.4) is 0 Å². The Morgan fingerprint density at radius 1 is 0.944 bits per heavy atom. The van der Waals surface area contributed by atoms with Gasteiger partial charge in [-0.1, -0.05) is 87.6 Å². The first kappa shape index (κ1) is 26.0. The number of rotatable bonds is 7. The number of ether oxygens (including phenoxy) is 1. The van der Waals surface area contributed by atoms with Crippen LogP contribution in [-0.2, 0) is 10.2 Å². The molecule has 36 heavy (non-hydrogen) atoms. The number of aromatic nitrogens is 1. The first-order chi connectivity index (χ1) is 17.3. The summed E-state index contributed by atoms with van der Waals surface area (Å²) < 4.78 is 7.34. The van der Waals surface area contributed by atoms with Crippen molar-refractivity contribution < 1.29 is 14.4 Å². The van der Waals surface area contributed by atoms with Crippen molar-refractivity contribution >= 4 is 28.7 Å². The molecule has 1 fully saturated rings. The Bertz CT molecular complexity index is 1180. The van der Waals surface area contributed by atoms with E-state index < -0.39 is 0 Å². The van der Waals surface area contributed by atoms with Gasteiger partial charge in [0, 0.05) is 43.9 Å². The summed E-state index contributed by atoms with van der Waals surface area (Å²) in [4.78, 5) is 2.87. The highest BCUT2D eigenvalue weighted by molar-refractivity contribution is 7.81. The minimum atomic E-state index is 0.0369. The summed E-state index contributed by atoms with van der Waals surface area (Å²) in [5.74, 6) is 0.145. The van der Waals surface area contributed by atoms with Gasteiger partial charge in [-0.05, 0) is 22.1 Å². The van der Waals surface area contributed by atoms with Crippen LogP contribution in [0.2, 0.25) is 0 Å². The van der Waals surface area contributed by atoms with E-state index in [9.17, 15) is 5.11 Å². The minimum Gasteiger partial charge on any atom is -0.502 e. The lowest BCUT2D eigenvalue weighted by molar-refractivity contribution is -0.576. The van der Waals surface area contributed by atoms with Crippen molar-refractivity contribution in [2.24, 2.45) is 0 Å². The Hall–Kier alpha value is -3.06. The van der Waals surface area contributed by atoms with E-state index >= 15 is 0 Å². The van der Waals surface area contributed by atoms with Crippen LogP contribution in [-0.4, -0.2) is 54.4 Å². The van der Waals surface area contributed by atoms with Crippen molar-refractivity contribution in [1.82, 2.24) is 10.2 Å². The van der Waals surface area contributed by atoms with Gasteiger partial charge in [-0.2, -0.15) is 4.57 Å². The number of aliphatic hydroxyl groups is 1. The Balaban J connectivity index is 1.61. The van der Waals surface area contributed by atoms with E-state index in [-0.39, 0.29) is 11.2 Å². The predicted octanol–water partition coefficient (Wildman–Crippen LogP) is 5.07. The second-order valence-corrected chi connectivity index (χ2v) is 10.5. The summed E-state index contributed by atoms with van der Waals surface area (Å²) in [5, 5.41) is 14.8. The van der Waals surface area contributed by atoms with Gasteiger partial charge in [-0.3, -0.25) is 4.90 Å². The summed E-state index contributed by atoms with van der Waals surface area (Å²) in [5.41, 5.74) is 4.78. The van der Waals surface area contributed by atoms with E-state index in [0.717, 1.165) is 49.5 Å². The number of pyridine rings is 1. The summed E-state index contributed by atoms with van der Waals surface area (Å²) in [6.07, 6.45) is 3.95. The van der Waals surface area contributed by atoms with Crippen molar-refractivity contribution in [2.75, 3.05) is 39.4 Å². The molecule has 3 aromatic rings. The maximum absolute atomic E-state index is 11.4. The van der Waals surface area contributed by atoms with E-state index in [1.54, 1.807) is 0 Å². The molecule has 2 heterocycles. The highest BCUT2D eigenvalue weighted by Crippen LogP contribution is 2.24. The molecule has 188 valence electrons. The van der Waals surface area contributed by atoms with Gasteiger partial charge < -0.3 is 15.2 Å². The largest absolute Gasteiger partial charge is 0.502 e. The van der Waals surface area contributed by atoms with Gasteiger partial charge in [-0.15, -0.1) is 0 Å². The maximum atomic E-state index is 11.4. The summed E-state index contributed by atoms with van der Waals surface area (Å²) in [7, 11) is 0. The van der Waals surface area contributed by atoms with Gasteiger partial charge in [0.1, 0.15) is 0 Å². The number of benzene rings is 2. The van der Waals surface area contributed by atoms with Crippen LogP contribution in [0.4, 0.5) is 0 Å². The van der Waals surface area contributed by atoms with E-state index in [2.05, 4.69) is 55.3 Å². The quantitative estimate of drug-likeness (QED) is 0.204. The van der Waals surface area contributed by atoms with Crippen molar-refractivity contribution in [3.05, 3.63) is 90.3 Å². The fourth-order valence-corrected chi connectivity index (χ4v) is 4.55. The zero-order valence-electron chi connectivity index (χ0n) is 21.4. The lowest BCUT2D eigenvalue weighted by Crippen LogP contribution is -2.44. The molecule has 0 bridgehead atoms. The molecule has 0 amide bonds. The maximum Gasteiger partial charge on any atom is 0.287 e. The lowest BCUT2D eigenvalue weighted by atomic mass is 9.88. The highest BCUT2D eigenvalue weighted by atomic mass is 32.1. The predicted molar refractivity (Wildman–Crippen MR) is 151 cm³/mol. The molecule has 4 rings (SSSR count). The van der Waals surface area contributed by atoms with Crippen molar-refractivity contribution in [3.8, 4) is 11.1 Å². The average Bonchev–Trinajstić information content (AvgIpc) is 2.90. The molecule has 0 atom stereocenters. The molecule has 0 spiro atoms. The van der Waals surface area contributed by atoms with Crippen molar-refractivity contribution in [1.29, 1.82) is 0 Å². The number of aliphatic hydroxyl groups excluding tert-OH is 1. The number of nitrogens with one attached hydrogen (secondary N) is 1. The van der Waals surface area contributed by atoms with Gasteiger partial charge >= 0.3 is 0 Å². The lowest BCUT2D eigenvalue weighted by Gasteiger charge is -2.26. The highest BCUT2D eigenvalue weighted by Gasteiger charge is 2.25. The fourth-order valence-electron chi connectivity index (χ4n) is 4.25. The molecule has 2 N–H and O–H groups in total. The third-order valence-corrected chi connectivity index (χ3v) is 6.81. The monoisotopic (exact) mass is 502 g/mol. The molecular formula is C30H36N3O2S+. The van der Waals surface area contributed by atoms with Crippen LogP contribution in [0, 0.1) is 0 Å². The molecule has 0 aliphatic carbocycles. The molecule has 1 aliphatic heterocycles. The normalized spacial score (nSPS) is 15.3. The molecule has 1 aromatic heterocycles. The first-order valence-corrected chi connectivity index (χ1v) is 12.9. The van der Waals surface area contributed by atoms with E-state index in [1.807, 2.05) is 59.4 Å². The first-order valence-electron chi connectivity index (χ1n) is 12.5. The molecule has 5 nitrogen and oxygen atoms in total. The average molecular weight is 503 g/mol. The van der Waals surface area contributed by atoms with Gasteiger partial charge in [-0.25, -0.2) is 0 Å². The fraction of sp³-hybridized carbons (Fsp3) is 0.333. The van der Waals surface area contributed by atoms with Crippen LogP contribution in [0.1, 0.15) is 31.9 Å². The van der Waals surface area contributed by atoms with Crippen molar-refractivity contribution in [2.45, 2.75) is 26.2 Å². The number of hydrogen-bond acceptors (Lipinski definition) is 4. The molecule has 6 heteroatoms. The van der Waals surface area contributed by atoms with Crippen LogP contribution in [0.5, 0.6) is 0 Å². The van der Waals surface area contributed by atoms with Crippen LogP contribution in [0.25, 0.3) is 22.6 Å². The third kappa shape index (κ3) is 6.58. The smallest absolute Gasteiger partial charge is 0.287 e. The minimum absolute atomic E-state index is 0.0369. The Morgan fingerprint density at radius 2 is 1.56 bits per heavy atom. The number of hydrogen-bond donors (Lipinski definition) is 2. The standard InChI is InChI=1S/C30H35N3O2S/c1-30(2,3)26-13-16-33(17-14-26)27(29(36)31-15-18-32-19-21-35-22-20-32)28(34)25-11-9-24(10-12-25)23-7-5-4-6-8-23/h4-14,16-17H,15,18-22H2,1-3H3,(H-,31,34,36)/p+1. The van der Waals surface area contributed by atoms with E-state index in [1.165, 1.54) is 5.56 Å². The molecule has 0 unspecified atom stereocenters. The SMILES string of the molecule is CC(C)(C)c1cc[n+](/C(C(=S)NCCN2CCOCC2)=C(/O)c2ccc(-c3ccccc3)cc2)cc1. The third-order valence-electron chi connectivity index (χ3n) is 6.48. The number of morpholine rings is 1. The summed E-state index contributed by atoms with van der Waals surface area (Å²) >= 11 is 5.82. The Labute approximate surface area is 220 Å². The van der Waals surface area contributed by atoms with Gasteiger partial charge in [0.2, 0.25) is 0 Å². The van der Waals surface area contributed by atoms with E-state index in [4.69, 9.17) is 17.0 Å². The van der Waals surface area contributed by atoms with E-state index in [0.29, 0.717) is 17.2 Å². The summed E-state index contributed by atoms with van der Waals surface area (Å²) in [6, 6.07) is 22.3. The molecule has 0 saturated carbocycles. The van der Waals surface area contributed by atoms with Crippen LogP contribution >= 0.6 is 12.2 Å². The topological polar surface area (TPSA) is 48.6 Å². The molecule has 2 aromatic carbocycles. The second kappa shape index (κ2) is 11.8. The van der Waals surface area contributed by atoms with Gasteiger partial charge in [0.15, 0.2) is 23.1 Å². The summed E-state index contributed by atoms with van der Waals surface area (Å²) in [6.45, 7) is 11.5. The second-order valence-electron chi connectivity index (χ2n) is 10.1. The molecule has 1 saturated heterocycles. The van der Waals surface area contributed by atoms with Crippen LogP contribution < -0.4 is 9.88 Å². The zero-order valence-corrected chi connectivity index (χ0v) is 22.2. The van der Waals surface area contributed by atoms with Gasteiger partial charge in [0.05, 0.1) is 13.2 Å². The molecular weight excluding hydrogens is 466 g/mol. The van der Waals surface area contributed by atoms with Crippen molar-refractivity contribution in [3.63, 3.8) is 0 Å². The van der Waals surface area contributed by atoms with Crippen LogP contribution in [0.15, 0.2) is 79.1 Å².